The van der Waals surface area contributed by atoms with Crippen molar-refractivity contribution in [3.8, 4) is 0 Å². The fourth-order valence-corrected chi connectivity index (χ4v) is 3.41. The third-order valence-electron chi connectivity index (χ3n) is 4.43. The summed E-state index contributed by atoms with van der Waals surface area (Å²) >= 11 is 0. The summed E-state index contributed by atoms with van der Waals surface area (Å²) in [5.41, 5.74) is 0. The average Bonchev–Trinajstić information content (AvgIpc) is 2.64. The molecule has 0 aromatic heterocycles. The minimum Gasteiger partial charge on any atom is -0.340 e. The first-order valence-electron chi connectivity index (χ1n) is 6.06. The molecule has 1 saturated heterocycles. The minimum atomic E-state index is 0.402. The van der Waals surface area contributed by atoms with Crippen LogP contribution in [0.15, 0.2) is 0 Å². The molecule has 0 aromatic carbocycles. The van der Waals surface area contributed by atoms with Crippen LogP contribution in [-0.2, 0) is 4.79 Å². The molecule has 3 aliphatic rings. The van der Waals surface area contributed by atoms with Gasteiger partial charge in [-0.3, -0.25) is 4.79 Å². The zero-order valence-electron chi connectivity index (χ0n) is 8.91. The number of hydrogen-bond donors (Lipinski definition) is 0. The normalized spacial score (nSPS) is 45.4. The van der Waals surface area contributed by atoms with Gasteiger partial charge in [0.15, 0.2) is 0 Å². The molecule has 2 aliphatic carbocycles. The van der Waals surface area contributed by atoms with Crippen LogP contribution in [-0.4, -0.2) is 23.4 Å². The predicted molar refractivity (Wildman–Crippen MR) is 54.7 cm³/mol. The Hall–Kier alpha value is -0.530. The Balaban J connectivity index is 1.64. The first kappa shape index (κ1) is 8.75. The van der Waals surface area contributed by atoms with E-state index in [0.717, 1.165) is 18.4 Å². The summed E-state index contributed by atoms with van der Waals surface area (Å²) in [7, 11) is 0. The first-order chi connectivity index (χ1) is 6.75. The molecule has 0 bridgehead atoms. The van der Waals surface area contributed by atoms with E-state index >= 15 is 0 Å². The lowest BCUT2D eigenvalue weighted by atomic mass is 10.0. The summed E-state index contributed by atoms with van der Waals surface area (Å²) in [5, 5.41) is 0. The molecule has 3 rings (SSSR count). The molecule has 14 heavy (non-hydrogen) atoms. The number of fused-ring (bicyclic) bond motifs is 1. The Morgan fingerprint density at radius 3 is 2.50 bits per heavy atom. The SMILES string of the molecule is CC1CCCN1C(=O)C1CC2CC2C1. The highest BCUT2D eigenvalue weighted by atomic mass is 16.2. The summed E-state index contributed by atoms with van der Waals surface area (Å²) in [6.07, 6.45) is 6.25. The summed E-state index contributed by atoms with van der Waals surface area (Å²) < 4.78 is 0. The Bertz CT molecular complexity index is 253. The van der Waals surface area contributed by atoms with Crippen molar-refractivity contribution >= 4 is 5.91 Å². The highest BCUT2D eigenvalue weighted by Crippen LogP contribution is 2.54. The molecule has 1 amide bonds. The quantitative estimate of drug-likeness (QED) is 0.624. The van der Waals surface area contributed by atoms with Gasteiger partial charge in [0.2, 0.25) is 5.91 Å². The summed E-state index contributed by atoms with van der Waals surface area (Å²) in [6, 6.07) is 0.513. The minimum absolute atomic E-state index is 0.402. The highest BCUT2D eigenvalue weighted by Gasteiger charge is 2.49. The van der Waals surface area contributed by atoms with E-state index in [0.29, 0.717) is 17.9 Å². The molecule has 0 aromatic rings. The van der Waals surface area contributed by atoms with Crippen LogP contribution >= 0.6 is 0 Å². The van der Waals surface area contributed by atoms with E-state index in [1.165, 1.54) is 32.1 Å². The first-order valence-corrected chi connectivity index (χ1v) is 6.06. The van der Waals surface area contributed by atoms with Gasteiger partial charge in [-0.15, -0.1) is 0 Å². The maximum absolute atomic E-state index is 12.2. The third kappa shape index (κ3) is 1.27. The zero-order valence-corrected chi connectivity index (χ0v) is 8.91. The number of carbonyl (C=O) groups excluding carboxylic acids is 1. The van der Waals surface area contributed by atoms with Gasteiger partial charge in [-0.1, -0.05) is 0 Å². The lowest BCUT2D eigenvalue weighted by molar-refractivity contribution is -0.136. The summed E-state index contributed by atoms with van der Waals surface area (Å²) in [4.78, 5) is 14.3. The van der Waals surface area contributed by atoms with Gasteiger partial charge in [-0.05, 0) is 50.9 Å². The average molecular weight is 193 g/mol. The lowest BCUT2D eigenvalue weighted by Gasteiger charge is -2.25. The van der Waals surface area contributed by atoms with Crippen molar-refractivity contribution in [2.75, 3.05) is 6.54 Å². The molecule has 3 fully saturated rings. The van der Waals surface area contributed by atoms with Crippen molar-refractivity contribution in [1.82, 2.24) is 4.90 Å². The summed E-state index contributed by atoms with van der Waals surface area (Å²) in [5.74, 6) is 2.74. The van der Waals surface area contributed by atoms with Gasteiger partial charge in [0.05, 0.1) is 0 Å². The number of nitrogens with zero attached hydrogens (tertiary/aromatic N) is 1. The number of rotatable bonds is 1. The molecule has 2 nitrogen and oxygen atoms in total. The van der Waals surface area contributed by atoms with Gasteiger partial charge in [0.25, 0.3) is 0 Å². The fourth-order valence-electron chi connectivity index (χ4n) is 3.41. The van der Waals surface area contributed by atoms with Crippen molar-refractivity contribution in [1.29, 1.82) is 0 Å². The number of hydrogen-bond acceptors (Lipinski definition) is 1. The van der Waals surface area contributed by atoms with Gasteiger partial charge in [0, 0.05) is 18.5 Å². The Morgan fingerprint density at radius 2 is 1.93 bits per heavy atom. The molecule has 2 saturated carbocycles. The molecule has 3 unspecified atom stereocenters. The largest absolute Gasteiger partial charge is 0.340 e. The van der Waals surface area contributed by atoms with Crippen molar-refractivity contribution < 1.29 is 4.79 Å². The standard InChI is InChI=1S/C12H19NO/c1-8-3-2-4-13(8)12(14)11-6-9-5-10(9)7-11/h8-11H,2-7H2,1H3. The maximum atomic E-state index is 12.2. The summed E-state index contributed by atoms with van der Waals surface area (Å²) in [6.45, 7) is 3.21. The molecule has 1 aliphatic heterocycles. The van der Waals surface area contributed by atoms with Crippen LogP contribution in [0.25, 0.3) is 0 Å². The van der Waals surface area contributed by atoms with Crippen LogP contribution in [0.2, 0.25) is 0 Å². The second kappa shape index (κ2) is 2.98. The predicted octanol–water partition coefficient (Wildman–Crippen LogP) is 2.04. The van der Waals surface area contributed by atoms with Gasteiger partial charge in [-0.25, -0.2) is 0 Å². The van der Waals surface area contributed by atoms with Crippen molar-refractivity contribution in [3.05, 3.63) is 0 Å². The Kier molecular flexibility index (Phi) is 1.86. The van der Waals surface area contributed by atoms with Gasteiger partial charge >= 0.3 is 0 Å². The van der Waals surface area contributed by atoms with E-state index in [4.69, 9.17) is 0 Å². The molecular weight excluding hydrogens is 174 g/mol. The van der Waals surface area contributed by atoms with Crippen LogP contribution in [0.5, 0.6) is 0 Å². The number of carbonyl (C=O) groups is 1. The van der Waals surface area contributed by atoms with Crippen molar-refractivity contribution in [2.45, 2.75) is 45.1 Å². The Labute approximate surface area is 85.7 Å². The zero-order chi connectivity index (χ0) is 9.71. The van der Waals surface area contributed by atoms with E-state index < -0.39 is 0 Å². The van der Waals surface area contributed by atoms with E-state index in [2.05, 4.69) is 11.8 Å². The van der Waals surface area contributed by atoms with Crippen LogP contribution < -0.4 is 0 Å². The van der Waals surface area contributed by atoms with Crippen LogP contribution in [0.3, 0.4) is 0 Å². The van der Waals surface area contributed by atoms with Crippen molar-refractivity contribution in [3.63, 3.8) is 0 Å². The number of amides is 1. The molecule has 1 heterocycles. The molecule has 3 atom stereocenters. The molecule has 0 radical (unpaired) electrons. The Morgan fingerprint density at radius 1 is 1.21 bits per heavy atom. The molecule has 0 spiro atoms. The maximum Gasteiger partial charge on any atom is 0.225 e. The molecule has 2 heteroatoms. The third-order valence-corrected chi connectivity index (χ3v) is 4.43. The van der Waals surface area contributed by atoms with Crippen LogP contribution in [0.4, 0.5) is 0 Å². The van der Waals surface area contributed by atoms with Crippen molar-refractivity contribution in [2.24, 2.45) is 17.8 Å². The highest BCUT2D eigenvalue weighted by molar-refractivity contribution is 5.80. The van der Waals surface area contributed by atoms with Crippen LogP contribution in [0.1, 0.15) is 39.0 Å². The van der Waals surface area contributed by atoms with E-state index in [1.807, 2.05) is 0 Å². The monoisotopic (exact) mass is 193 g/mol. The van der Waals surface area contributed by atoms with E-state index in [1.54, 1.807) is 0 Å². The van der Waals surface area contributed by atoms with E-state index in [-0.39, 0.29) is 0 Å². The van der Waals surface area contributed by atoms with Gasteiger partial charge in [-0.2, -0.15) is 0 Å². The van der Waals surface area contributed by atoms with Gasteiger partial charge in [0.1, 0.15) is 0 Å². The molecular formula is C12H19NO. The van der Waals surface area contributed by atoms with E-state index in [9.17, 15) is 4.79 Å². The molecule has 78 valence electrons. The topological polar surface area (TPSA) is 20.3 Å². The second-order valence-corrected chi connectivity index (χ2v) is 5.45. The lowest BCUT2D eigenvalue weighted by Crippen LogP contribution is -2.37. The van der Waals surface area contributed by atoms with Crippen LogP contribution in [0, 0.1) is 17.8 Å². The number of likely N-dealkylation sites (tertiary alicyclic amines) is 1. The smallest absolute Gasteiger partial charge is 0.225 e. The second-order valence-electron chi connectivity index (χ2n) is 5.45. The van der Waals surface area contributed by atoms with Gasteiger partial charge < -0.3 is 4.90 Å². The molecule has 0 N–H and O–H groups in total. The fraction of sp³-hybridized carbons (Fsp3) is 0.917.